The molecule has 0 radical (unpaired) electrons. The number of aliphatic hydroxyl groups is 2. The molecule has 174 valence electrons. The molecule has 0 spiro atoms. The molecular formula is C22H33FN2O6. The van der Waals surface area contributed by atoms with Crippen molar-refractivity contribution >= 4 is 11.8 Å². The second-order valence-corrected chi connectivity index (χ2v) is 7.70. The summed E-state index contributed by atoms with van der Waals surface area (Å²) in [5.74, 6) is -1.17. The minimum atomic E-state index is -1.21. The van der Waals surface area contributed by atoms with Crippen molar-refractivity contribution in [3.05, 3.63) is 35.6 Å². The zero-order valence-corrected chi connectivity index (χ0v) is 18.2. The molecule has 1 aromatic carbocycles. The molecule has 1 aliphatic heterocycles. The maximum atomic E-state index is 14.1. The molecule has 2 rings (SSSR count). The maximum absolute atomic E-state index is 14.1. The first-order valence-corrected chi connectivity index (χ1v) is 10.6. The number of amides is 2. The van der Waals surface area contributed by atoms with Crippen molar-refractivity contribution in [1.82, 2.24) is 9.80 Å². The number of benzene rings is 1. The Morgan fingerprint density at radius 2 is 1.77 bits per heavy atom. The van der Waals surface area contributed by atoms with Gasteiger partial charge in [0.25, 0.3) is 5.91 Å². The van der Waals surface area contributed by atoms with Gasteiger partial charge in [-0.05, 0) is 31.4 Å². The monoisotopic (exact) mass is 440 g/mol. The second-order valence-electron chi connectivity index (χ2n) is 7.70. The van der Waals surface area contributed by atoms with Crippen molar-refractivity contribution in [2.75, 3.05) is 46.5 Å². The highest BCUT2D eigenvalue weighted by Gasteiger charge is 2.29. The molecule has 0 unspecified atom stereocenters. The van der Waals surface area contributed by atoms with E-state index in [-0.39, 0.29) is 24.6 Å². The van der Waals surface area contributed by atoms with Crippen molar-refractivity contribution in [3.8, 4) is 0 Å². The lowest BCUT2D eigenvalue weighted by Crippen LogP contribution is -2.48. The fourth-order valence-corrected chi connectivity index (χ4v) is 3.55. The van der Waals surface area contributed by atoms with Gasteiger partial charge in [-0.25, -0.2) is 4.39 Å². The molecule has 0 aromatic heterocycles. The highest BCUT2D eigenvalue weighted by atomic mass is 19.1. The lowest BCUT2D eigenvalue weighted by atomic mass is 10.1. The zero-order chi connectivity index (χ0) is 22.8. The summed E-state index contributed by atoms with van der Waals surface area (Å²) >= 11 is 0. The molecule has 1 fully saturated rings. The Kier molecular flexibility index (Phi) is 10.3. The first-order chi connectivity index (χ1) is 14.8. The summed E-state index contributed by atoms with van der Waals surface area (Å²) in [5, 5.41) is 20.6. The Balaban J connectivity index is 2.15. The summed E-state index contributed by atoms with van der Waals surface area (Å²) in [4.78, 5) is 28.1. The fourth-order valence-electron chi connectivity index (χ4n) is 3.55. The van der Waals surface area contributed by atoms with Crippen molar-refractivity contribution < 1.29 is 33.7 Å². The Morgan fingerprint density at radius 3 is 2.45 bits per heavy atom. The van der Waals surface area contributed by atoms with Gasteiger partial charge < -0.3 is 29.5 Å². The molecule has 8 nitrogen and oxygen atoms in total. The predicted octanol–water partition coefficient (Wildman–Crippen LogP) is 1.05. The van der Waals surface area contributed by atoms with E-state index in [2.05, 4.69) is 0 Å². The van der Waals surface area contributed by atoms with Crippen LogP contribution in [-0.4, -0.2) is 96.6 Å². The van der Waals surface area contributed by atoms with E-state index in [1.807, 2.05) is 0 Å². The third-order valence-corrected chi connectivity index (χ3v) is 5.43. The number of ether oxygens (including phenoxy) is 2. The first kappa shape index (κ1) is 25.2. The molecule has 31 heavy (non-hydrogen) atoms. The maximum Gasteiger partial charge on any atom is 0.256 e. The summed E-state index contributed by atoms with van der Waals surface area (Å²) < 4.78 is 24.9. The Hall–Kier alpha value is -2.07. The average Bonchev–Trinajstić information content (AvgIpc) is 2.75. The van der Waals surface area contributed by atoms with Gasteiger partial charge in [-0.1, -0.05) is 12.1 Å². The number of carbonyl (C=O) groups excluding carboxylic acids is 2. The molecule has 9 heteroatoms. The summed E-state index contributed by atoms with van der Waals surface area (Å²) in [6.45, 7) is 2.88. The summed E-state index contributed by atoms with van der Waals surface area (Å²) in [6, 6.07) is 5.88. The molecule has 2 N–H and O–H groups in total. The number of hydrogen-bond donors (Lipinski definition) is 2. The Morgan fingerprint density at radius 1 is 1.10 bits per heavy atom. The van der Waals surface area contributed by atoms with Crippen LogP contribution in [0.15, 0.2) is 24.3 Å². The largest absolute Gasteiger partial charge is 0.388 e. The van der Waals surface area contributed by atoms with Crippen LogP contribution in [0.25, 0.3) is 0 Å². The van der Waals surface area contributed by atoms with E-state index in [1.165, 1.54) is 37.1 Å². The lowest BCUT2D eigenvalue weighted by molar-refractivity contribution is -0.136. The minimum absolute atomic E-state index is 0.0192. The van der Waals surface area contributed by atoms with E-state index in [9.17, 15) is 24.2 Å². The molecule has 1 aliphatic rings. The minimum Gasteiger partial charge on any atom is -0.388 e. The third-order valence-electron chi connectivity index (χ3n) is 5.43. The predicted molar refractivity (Wildman–Crippen MR) is 112 cm³/mol. The molecule has 0 aliphatic carbocycles. The number of halogens is 1. The van der Waals surface area contributed by atoms with E-state index in [4.69, 9.17) is 9.47 Å². The molecule has 1 aromatic rings. The SMILES string of the molecule is CO[C@H]1CN(C(C)=O)CCCN(C(=O)c2ccccc2F)CCCCOC[C@H](O)[C@@H]1O. The smallest absolute Gasteiger partial charge is 0.256 e. The van der Waals surface area contributed by atoms with Gasteiger partial charge in [0, 0.05) is 46.8 Å². The molecule has 0 bridgehead atoms. The van der Waals surface area contributed by atoms with Gasteiger partial charge in [0.15, 0.2) is 0 Å². The standard InChI is InChI=1S/C22H33FN2O6/c1-16(26)25-12-7-11-24(22(29)17-8-3-4-9-18(17)23)10-5-6-13-31-15-19(27)21(28)20(14-25)30-2/h3-4,8-9,19-21,27-28H,5-7,10-15H2,1-2H3/t19-,20-,21-/m0/s1. The van der Waals surface area contributed by atoms with Crippen molar-refractivity contribution in [2.45, 2.75) is 44.5 Å². The third kappa shape index (κ3) is 7.53. The van der Waals surface area contributed by atoms with Gasteiger partial charge in [-0.15, -0.1) is 0 Å². The zero-order valence-electron chi connectivity index (χ0n) is 18.2. The Bertz CT molecular complexity index is 719. The number of carbonyl (C=O) groups is 2. The van der Waals surface area contributed by atoms with Gasteiger partial charge in [-0.2, -0.15) is 0 Å². The van der Waals surface area contributed by atoms with E-state index in [0.717, 1.165) is 0 Å². The van der Waals surface area contributed by atoms with Gasteiger partial charge in [0.2, 0.25) is 5.91 Å². The normalized spacial score (nSPS) is 24.9. The number of hydrogen-bond acceptors (Lipinski definition) is 6. The van der Waals surface area contributed by atoms with Crippen LogP contribution in [0.4, 0.5) is 4.39 Å². The molecule has 3 atom stereocenters. The van der Waals surface area contributed by atoms with Crippen LogP contribution in [0.1, 0.15) is 36.5 Å². The van der Waals surface area contributed by atoms with E-state index in [1.54, 1.807) is 11.0 Å². The number of nitrogens with zero attached hydrogens (tertiary/aromatic N) is 2. The van der Waals surface area contributed by atoms with E-state index >= 15 is 0 Å². The molecule has 0 saturated carbocycles. The topological polar surface area (TPSA) is 99.5 Å². The van der Waals surface area contributed by atoms with Crippen molar-refractivity contribution in [1.29, 1.82) is 0 Å². The molecule has 1 saturated heterocycles. The van der Waals surface area contributed by atoms with Crippen LogP contribution >= 0.6 is 0 Å². The highest BCUT2D eigenvalue weighted by Crippen LogP contribution is 2.13. The van der Waals surface area contributed by atoms with Gasteiger partial charge in [0.05, 0.1) is 12.2 Å². The second kappa shape index (κ2) is 12.7. The van der Waals surface area contributed by atoms with Gasteiger partial charge in [0.1, 0.15) is 24.1 Å². The number of aliphatic hydroxyl groups excluding tert-OH is 2. The number of rotatable bonds is 2. The highest BCUT2D eigenvalue weighted by molar-refractivity contribution is 5.94. The quantitative estimate of drug-likeness (QED) is 0.713. The Labute approximate surface area is 182 Å². The fraction of sp³-hybridized carbons (Fsp3) is 0.636. The van der Waals surface area contributed by atoms with Gasteiger partial charge >= 0.3 is 0 Å². The van der Waals surface area contributed by atoms with Crippen LogP contribution in [0.3, 0.4) is 0 Å². The average molecular weight is 441 g/mol. The van der Waals surface area contributed by atoms with Crippen molar-refractivity contribution in [3.63, 3.8) is 0 Å². The van der Waals surface area contributed by atoms with Crippen LogP contribution < -0.4 is 0 Å². The summed E-state index contributed by atoms with van der Waals surface area (Å²) in [6.07, 6.45) is -1.40. The summed E-state index contributed by atoms with van der Waals surface area (Å²) in [7, 11) is 1.41. The molecule has 1 heterocycles. The van der Waals surface area contributed by atoms with Crippen LogP contribution in [0.2, 0.25) is 0 Å². The van der Waals surface area contributed by atoms with Crippen LogP contribution in [0.5, 0.6) is 0 Å². The van der Waals surface area contributed by atoms with E-state index in [0.29, 0.717) is 45.5 Å². The van der Waals surface area contributed by atoms with Gasteiger partial charge in [-0.3, -0.25) is 9.59 Å². The molecule has 2 amide bonds. The van der Waals surface area contributed by atoms with E-state index < -0.39 is 30.0 Å². The lowest BCUT2D eigenvalue weighted by Gasteiger charge is -2.31. The summed E-state index contributed by atoms with van der Waals surface area (Å²) in [5.41, 5.74) is 0.0192. The van der Waals surface area contributed by atoms with Crippen molar-refractivity contribution in [2.24, 2.45) is 0 Å². The first-order valence-electron chi connectivity index (χ1n) is 10.6. The van der Waals surface area contributed by atoms with Crippen LogP contribution in [-0.2, 0) is 14.3 Å². The molecular weight excluding hydrogens is 407 g/mol. The number of methoxy groups -OCH3 is 1. The van der Waals surface area contributed by atoms with Crippen LogP contribution in [0, 0.1) is 5.82 Å².